The number of benzene rings is 1. The van der Waals surface area contributed by atoms with Crippen LogP contribution in [0, 0.1) is 11.2 Å². The van der Waals surface area contributed by atoms with Crippen LogP contribution in [-0.2, 0) is 11.3 Å². The average molecular weight is 372 g/mol. The van der Waals surface area contributed by atoms with E-state index in [1.54, 1.807) is 17.0 Å². The van der Waals surface area contributed by atoms with Gasteiger partial charge in [0, 0.05) is 30.4 Å². The van der Waals surface area contributed by atoms with Crippen LogP contribution in [0.3, 0.4) is 0 Å². The van der Waals surface area contributed by atoms with Gasteiger partial charge in [-0.2, -0.15) is 0 Å². The van der Waals surface area contributed by atoms with Crippen LogP contribution in [0.5, 0.6) is 0 Å². The van der Waals surface area contributed by atoms with Crippen molar-refractivity contribution in [3.63, 3.8) is 0 Å². The molecule has 0 radical (unpaired) electrons. The lowest BCUT2D eigenvalue weighted by Crippen LogP contribution is -2.40. The third kappa shape index (κ3) is 5.06. The minimum Gasteiger partial charge on any atom is -0.357 e. The molecule has 5 heteroatoms. The van der Waals surface area contributed by atoms with Crippen molar-refractivity contribution in [2.75, 3.05) is 22.9 Å². The van der Waals surface area contributed by atoms with Gasteiger partial charge in [-0.05, 0) is 56.2 Å². The van der Waals surface area contributed by atoms with E-state index in [-0.39, 0.29) is 11.7 Å². The van der Waals surface area contributed by atoms with E-state index in [1.165, 1.54) is 12.1 Å². The molecule has 2 aromatic rings. The van der Waals surface area contributed by atoms with Crippen LogP contribution < -0.4 is 9.80 Å². The molecule has 0 bridgehead atoms. The van der Waals surface area contributed by atoms with Gasteiger partial charge in [-0.15, -0.1) is 0 Å². The van der Waals surface area contributed by atoms with Gasteiger partial charge in [0.2, 0.25) is 5.91 Å². The van der Waals surface area contributed by atoms with Gasteiger partial charge in [-0.1, -0.05) is 26.8 Å². The SMILES string of the molecule is CCN(CC)c1ccc(CN(C(=O)C(C)(C)CC)c2ccc(F)cc2)cn1. The van der Waals surface area contributed by atoms with Gasteiger partial charge < -0.3 is 9.80 Å². The maximum Gasteiger partial charge on any atom is 0.232 e. The van der Waals surface area contributed by atoms with Gasteiger partial charge in [-0.3, -0.25) is 4.79 Å². The summed E-state index contributed by atoms with van der Waals surface area (Å²) in [6.07, 6.45) is 2.54. The zero-order valence-corrected chi connectivity index (χ0v) is 17.0. The molecule has 2 rings (SSSR count). The second kappa shape index (κ2) is 8.98. The third-order valence-electron chi connectivity index (χ3n) is 5.08. The summed E-state index contributed by atoms with van der Waals surface area (Å²) in [7, 11) is 0. The van der Waals surface area contributed by atoms with Gasteiger partial charge in [-0.25, -0.2) is 9.37 Å². The molecule has 0 spiro atoms. The van der Waals surface area contributed by atoms with Crippen molar-refractivity contribution >= 4 is 17.4 Å². The van der Waals surface area contributed by atoms with Crippen molar-refractivity contribution in [2.24, 2.45) is 5.41 Å². The molecule has 4 nitrogen and oxygen atoms in total. The first-order valence-corrected chi connectivity index (χ1v) is 9.59. The predicted molar refractivity (Wildman–Crippen MR) is 109 cm³/mol. The number of carbonyl (C=O) groups is 1. The molecule has 1 amide bonds. The van der Waals surface area contributed by atoms with E-state index in [9.17, 15) is 9.18 Å². The summed E-state index contributed by atoms with van der Waals surface area (Å²) >= 11 is 0. The Bertz CT molecular complexity index is 737. The monoisotopic (exact) mass is 371 g/mol. The minimum atomic E-state index is -0.497. The normalized spacial score (nSPS) is 11.3. The van der Waals surface area contributed by atoms with Gasteiger partial charge >= 0.3 is 0 Å². The van der Waals surface area contributed by atoms with E-state index in [0.717, 1.165) is 30.9 Å². The molecule has 0 saturated carbocycles. The Morgan fingerprint density at radius 1 is 1.04 bits per heavy atom. The number of pyridine rings is 1. The van der Waals surface area contributed by atoms with Crippen LogP contribution >= 0.6 is 0 Å². The van der Waals surface area contributed by atoms with Crippen LogP contribution in [0.15, 0.2) is 42.6 Å². The number of carbonyl (C=O) groups excluding carboxylic acids is 1. The molecule has 27 heavy (non-hydrogen) atoms. The van der Waals surface area contributed by atoms with E-state index in [4.69, 9.17) is 0 Å². The predicted octanol–water partition coefficient (Wildman–Crippen LogP) is 5.04. The van der Waals surface area contributed by atoms with Crippen molar-refractivity contribution in [3.05, 3.63) is 54.0 Å². The molecular weight excluding hydrogens is 341 g/mol. The Labute approximate surface area is 162 Å². The van der Waals surface area contributed by atoms with Crippen molar-refractivity contribution in [2.45, 2.75) is 47.6 Å². The third-order valence-corrected chi connectivity index (χ3v) is 5.08. The smallest absolute Gasteiger partial charge is 0.232 e. The standard InChI is InChI=1S/C22H30FN3O/c1-6-22(4,5)21(27)26(19-12-10-18(23)11-13-19)16-17-9-14-20(24-15-17)25(7-2)8-3/h9-15H,6-8,16H2,1-5H3. The van der Waals surface area contributed by atoms with Crippen LogP contribution in [0.4, 0.5) is 15.9 Å². The Balaban J connectivity index is 2.31. The first-order valence-electron chi connectivity index (χ1n) is 9.59. The molecule has 0 unspecified atom stereocenters. The van der Waals surface area contributed by atoms with Crippen molar-refractivity contribution in [3.8, 4) is 0 Å². The van der Waals surface area contributed by atoms with Crippen LogP contribution in [0.1, 0.15) is 46.6 Å². The van der Waals surface area contributed by atoms with Crippen molar-refractivity contribution in [1.29, 1.82) is 0 Å². The Morgan fingerprint density at radius 3 is 2.15 bits per heavy atom. The summed E-state index contributed by atoms with van der Waals surface area (Å²) in [6.45, 7) is 12.3. The molecule has 0 aliphatic rings. The quantitative estimate of drug-likeness (QED) is 0.652. The summed E-state index contributed by atoms with van der Waals surface area (Å²) in [4.78, 5) is 21.6. The molecule has 0 fully saturated rings. The van der Waals surface area contributed by atoms with Crippen molar-refractivity contribution in [1.82, 2.24) is 4.98 Å². The molecule has 0 atom stereocenters. The van der Waals surface area contributed by atoms with Crippen molar-refractivity contribution < 1.29 is 9.18 Å². The first-order chi connectivity index (χ1) is 12.8. The fraction of sp³-hybridized carbons (Fsp3) is 0.455. The topological polar surface area (TPSA) is 36.4 Å². The van der Waals surface area contributed by atoms with Crippen LogP contribution in [0.2, 0.25) is 0 Å². The van der Waals surface area contributed by atoms with Gasteiger partial charge in [0.1, 0.15) is 11.6 Å². The molecule has 1 heterocycles. The molecular formula is C22H30FN3O. The number of hydrogen-bond donors (Lipinski definition) is 0. The zero-order chi connectivity index (χ0) is 20.0. The minimum absolute atomic E-state index is 0.0180. The zero-order valence-electron chi connectivity index (χ0n) is 17.0. The number of amides is 1. The molecule has 1 aromatic carbocycles. The summed E-state index contributed by atoms with van der Waals surface area (Å²) in [6, 6.07) is 10.1. The summed E-state index contributed by atoms with van der Waals surface area (Å²) < 4.78 is 13.3. The fourth-order valence-corrected chi connectivity index (χ4v) is 2.85. The largest absolute Gasteiger partial charge is 0.357 e. The number of rotatable bonds is 8. The van der Waals surface area contributed by atoms with E-state index < -0.39 is 5.41 Å². The van der Waals surface area contributed by atoms with Gasteiger partial charge in [0.15, 0.2) is 0 Å². The lowest BCUT2D eigenvalue weighted by molar-refractivity contribution is -0.126. The maximum absolute atomic E-state index is 13.3. The van der Waals surface area contributed by atoms with Gasteiger partial charge in [0.05, 0.1) is 6.54 Å². The van der Waals surface area contributed by atoms with E-state index in [0.29, 0.717) is 12.2 Å². The number of anilines is 2. The van der Waals surface area contributed by atoms with E-state index in [2.05, 4.69) is 23.7 Å². The van der Waals surface area contributed by atoms with Crippen LogP contribution in [-0.4, -0.2) is 24.0 Å². The highest BCUT2D eigenvalue weighted by Crippen LogP contribution is 2.28. The number of halogens is 1. The van der Waals surface area contributed by atoms with E-state index in [1.807, 2.05) is 39.1 Å². The highest BCUT2D eigenvalue weighted by Gasteiger charge is 2.31. The molecule has 0 N–H and O–H groups in total. The highest BCUT2D eigenvalue weighted by atomic mass is 19.1. The molecule has 0 aliphatic carbocycles. The summed E-state index contributed by atoms with van der Waals surface area (Å²) in [5.74, 6) is 0.632. The average Bonchev–Trinajstić information content (AvgIpc) is 2.68. The summed E-state index contributed by atoms with van der Waals surface area (Å²) in [5.41, 5.74) is 1.13. The lowest BCUT2D eigenvalue weighted by Gasteiger charge is -2.31. The summed E-state index contributed by atoms with van der Waals surface area (Å²) in [5, 5.41) is 0. The second-order valence-electron chi connectivity index (χ2n) is 7.30. The fourth-order valence-electron chi connectivity index (χ4n) is 2.85. The van der Waals surface area contributed by atoms with E-state index >= 15 is 0 Å². The maximum atomic E-state index is 13.3. The second-order valence-corrected chi connectivity index (χ2v) is 7.30. The van der Waals surface area contributed by atoms with Crippen LogP contribution in [0.25, 0.3) is 0 Å². The molecule has 1 aromatic heterocycles. The van der Waals surface area contributed by atoms with Gasteiger partial charge in [0.25, 0.3) is 0 Å². The lowest BCUT2D eigenvalue weighted by atomic mass is 9.88. The molecule has 146 valence electrons. The number of aromatic nitrogens is 1. The Morgan fingerprint density at radius 2 is 1.67 bits per heavy atom. The Kier molecular flexibility index (Phi) is 6.94. The number of nitrogens with zero attached hydrogens (tertiary/aromatic N) is 3. The molecule has 0 saturated heterocycles. The first kappa shape index (κ1) is 20.9. The number of hydrogen-bond acceptors (Lipinski definition) is 3. The highest BCUT2D eigenvalue weighted by molar-refractivity contribution is 5.97. The molecule has 0 aliphatic heterocycles. The Hall–Kier alpha value is -2.43.